The number of rotatable bonds is 3. The molecular weight excluding hydrogens is 224 g/mol. The van der Waals surface area contributed by atoms with Crippen LogP contribution in [0.1, 0.15) is 17.2 Å². The smallest absolute Gasteiger partial charge is 0.131 e. The van der Waals surface area contributed by atoms with E-state index in [0.717, 1.165) is 17.7 Å². The maximum atomic E-state index is 13.4. The molecular formula is C13H11F2NO. The zero-order valence-electron chi connectivity index (χ0n) is 8.98. The fraction of sp³-hybridized carbons (Fsp3) is 0.154. The zero-order valence-corrected chi connectivity index (χ0v) is 8.98. The summed E-state index contributed by atoms with van der Waals surface area (Å²) in [5.74, 6) is -1.47. The Bertz CT molecular complexity index is 482. The monoisotopic (exact) mass is 235 g/mol. The van der Waals surface area contributed by atoms with E-state index in [4.69, 9.17) is 0 Å². The maximum Gasteiger partial charge on any atom is 0.131 e. The summed E-state index contributed by atoms with van der Waals surface area (Å²) in [5, 5.41) is 9.83. The molecule has 0 aliphatic heterocycles. The molecule has 4 heteroatoms. The number of halogens is 2. The molecule has 1 heterocycles. The Kier molecular flexibility index (Phi) is 3.44. The molecule has 0 aliphatic rings. The Hall–Kier alpha value is -1.81. The van der Waals surface area contributed by atoms with Crippen LogP contribution in [0.15, 0.2) is 42.7 Å². The minimum Gasteiger partial charge on any atom is -0.388 e. The molecule has 0 fully saturated rings. The lowest BCUT2D eigenvalue weighted by Crippen LogP contribution is -2.07. The van der Waals surface area contributed by atoms with E-state index in [9.17, 15) is 13.9 Å². The number of hydrogen-bond acceptors (Lipinski definition) is 2. The van der Waals surface area contributed by atoms with Crippen molar-refractivity contribution in [3.05, 3.63) is 65.5 Å². The Balaban J connectivity index is 2.23. The lowest BCUT2D eigenvalue weighted by Gasteiger charge is -2.12. The number of aliphatic hydroxyl groups is 1. The van der Waals surface area contributed by atoms with Gasteiger partial charge in [-0.1, -0.05) is 12.1 Å². The molecule has 1 atom stereocenters. The number of nitrogens with zero attached hydrogens (tertiary/aromatic N) is 1. The molecule has 1 N–H and O–H groups in total. The molecule has 2 rings (SSSR count). The molecule has 2 nitrogen and oxygen atoms in total. The fourth-order valence-corrected chi connectivity index (χ4v) is 1.67. The summed E-state index contributed by atoms with van der Waals surface area (Å²) in [7, 11) is 0. The van der Waals surface area contributed by atoms with E-state index in [-0.39, 0.29) is 12.0 Å². The minimum atomic E-state index is -1.21. The van der Waals surface area contributed by atoms with Gasteiger partial charge in [-0.05, 0) is 23.8 Å². The average molecular weight is 235 g/mol. The molecule has 2 aromatic rings. The molecule has 1 aromatic heterocycles. The van der Waals surface area contributed by atoms with E-state index in [1.807, 2.05) is 0 Å². The van der Waals surface area contributed by atoms with Crippen molar-refractivity contribution < 1.29 is 13.9 Å². The molecule has 0 saturated heterocycles. The standard InChI is InChI=1S/C13H11F2NO/c14-10-4-1-5-11(15)13(10)12(17)7-9-3-2-6-16-8-9/h1-6,8,12,17H,7H2. The summed E-state index contributed by atoms with van der Waals surface area (Å²) in [6.07, 6.45) is 2.08. The van der Waals surface area contributed by atoms with Crippen LogP contribution in [0.3, 0.4) is 0 Å². The van der Waals surface area contributed by atoms with Crippen LogP contribution in [-0.2, 0) is 6.42 Å². The summed E-state index contributed by atoms with van der Waals surface area (Å²) in [5.41, 5.74) is 0.430. The molecule has 1 unspecified atom stereocenters. The van der Waals surface area contributed by atoms with Gasteiger partial charge in [-0.2, -0.15) is 0 Å². The summed E-state index contributed by atoms with van der Waals surface area (Å²) >= 11 is 0. The van der Waals surface area contributed by atoms with Crippen LogP contribution >= 0.6 is 0 Å². The summed E-state index contributed by atoms with van der Waals surface area (Å²) in [6.45, 7) is 0. The third-order valence-corrected chi connectivity index (χ3v) is 2.48. The highest BCUT2D eigenvalue weighted by Crippen LogP contribution is 2.23. The van der Waals surface area contributed by atoms with Crippen LogP contribution in [0.4, 0.5) is 8.78 Å². The van der Waals surface area contributed by atoms with E-state index in [1.54, 1.807) is 24.5 Å². The van der Waals surface area contributed by atoms with Crippen LogP contribution in [0.2, 0.25) is 0 Å². The van der Waals surface area contributed by atoms with Gasteiger partial charge < -0.3 is 5.11 Å². The van der Waals surface area contributed by atoms with Crippen molar-refractivity contribution in [3.8, 4) is 0 Å². The molecule has 1 aromatic carbocycles. The van der Waals surface area contributed by atoms with E-state index >= 15 is 0 Å². The van der Waals surface area contributed by atoms with Crippen molar-refractivity contribution in [1.29, 1.82) is 0 Å². The second kappa shape index (κ2) is 5.01. The second-order valence-corrected chi connectivity index (χ2v) is 3.72. The van der Waals surface area contributed by atoms with Crippen LogP contribution in [0.25, 0.3) is 0 Å². The molecule has 0 amide bonds. The minimum absolute atomic E-state index is 0.131. The molecule has 88 valence electrons. The van der Waals surface area contributed by atoms with Gasteiger partial charge in [0.1, 0.15) is 11.6 Å². The first-order valence-corrected chi connectivity index (χ1v) is 5.19. The molecule has 0 saturated carbocycles. The second-order valence-electron chi connectivity index (χ2n) is 3.72. The van der Waals surface area contributed by atoms with E-state index < -0.39 is 17.7 Å². The van der Waals surface area contributed by atoms with Crippen molar-refractivity contribution in [1.82, 2.24) is 4.98 Å². The zero-order chi connectivity index (χ0) is 12.3. The number of hydrogen-bond donors (Lipinski definition) is 1. The average Bonchev–Trinajstić information content (AvgIpc) is 2.30. The Morgan fingerprint density at radius 3 is 2.41 bits per heavy atom. The van der Waals surface area contributed by atoms with Crippen LogP contribution in [-0.4, -0.2) is 10.1 Å². The first-order valence-electron chi connectivity index (χ1n) is 5.19. The van der Waals surface area contributed by atoms with E-state index in [2.05, 4.69) is 4.98 Å². The highest BCUT2D eigenvalue weighted by molar-refractivity contribution is 5.24. The van der Waals surface area contributed by atoms with E-state index in [0.29, 0.717) is 0 Å². The largest absolute Gasteiger partial charge is 0.388 e. The van der Waals surface area contributed by atoms with E-state index in [1.165, 1.54) is 6.07 Å². The van der Waals surface area contributed by atoms with Crippen molar-refractivity contribution >= 4 is 0 Å². The first-order chi connectivity index (χ1) is 8.18. The van der Waals surface area contributed by atoms with Gasteiger partial charge in [0.05, 0.1) is 11.7 Å². The SMILES string of the molecule is OC(Cc1cccnc1)c1c(F)cccc1F. The Morgan fingerprint density at radius 1 is 1.12 bits per heavy atom. The van der Waals surface area contributed by atoms with Gasteiger partial charge in [0.2, 0.25) is 0 Å². The van der Waals surface area contributed by atoms with Gasteiger partial charge in [-0.15, -0.1) is 0 Å². The molecule has 17 heavy (non-hydrogen) atoms. The maximum absolute atomic E-state index is 13.4. The molecule has 0 aliphatic carbocycles. The van der Waals surface area contributed by atoms with Crippen LogP contribution in [0.5, 0.6) is 0 Å². The van der Waals surface area contributed by atoms with Crippen molar-refractivity contribution in [3.63, 3.8) is 0 Å². The summed E-state index contributed by atoms with van der Waals surface area (Å²) in [6, 6.07) is 6.98. The third kappa shape index (κ3) is 2.65. The lowest BCUT2D eigenvalue weighted by molar-refractivity contribution is 0.168. The number of benzene rings is 1. The lowest BCUT2D eigenvalue weighted by atomic mass is 10.0. The van der Waals surface area contributed by atoms with Crippen molar-refractivity contribution in [2.75, 3.05) is 0 Å². The summed E-state index contributed by atoms with van der Waals surface area (Å²) < 4.78 is 26.8. The van der Waals surface area contributed by atoms with Gasteiger partial charge in [0.25, 0.3) is 0 Å². The highest BCUT2D eigenvalue weighted by atomic mass is 19.1. The predicted octanol–water partition coefficient (Wildman–Crippen LogP) is 2.64. The number of aromatic nitrogens is 1. The predicted molar refractivity (Wildman–Crippen MR) is 59.3 cm³/mol. The quantitative estimate of drug-likeness (QED) is 0.887. The van der Waals surface area contributed by atoms with Gasteiger partial charge in [-0.3, -0.25) is 4.98 Å². The van der Waals surface area contributed by atoms with Gasteiger partial charge in [-0.25, -0.2) is 8.78 Å². The van der Waals surface area contributed by atoms with Gasteiger partial charge >= 0.3 is 0 Å². The van der Waals surface area contributed by atoms with Gasteiger partial charge in [0.15, 0.2) is 0 Å². The Labute approximate surface area is 97.6 Å². The van der Waals surface area contributed by atoms with Crippen molar-refractivity contribution in [2.24, 2.45) is 0 Å². The molecule has 0 radical (unpaired) electrons. The fourth-order valence-electron chi connectivity index (χ4n) is 1.67. The van der Waals surface area contributed by atoms with Crippen LogP contribution < -0.4 is 0 Å². The first kappa shape index (κ1) is 11.7. The Morgan fingerprint density at radius 2 is 1.82 bits per heavy atom. The molecule has 0 spiro atoms. The van der Waals surface area contributed by atoms with Crippen LogP contribution in [0, 0.1) is 11.6 Å². The van der Waals surface area contributed by atoms with Crippen molar-refractivity contribution in [2.45, 2.75) is 12.5 Å². The number of pyridine rings is 1. The number of aliphatic hydroxyl groups excluding tert-OH is 1. The highest BCUT2D eigenvalue weighted by Gasteiger charge is 2.17. The molecule has 0 bridgehead atoms. The normalized spacial score (nSPS) is 12.4. The third-order valence-electron chi connectivity index (χ3n) is 2.48. The van der Waals surface area contributed by atoms with Gasteiger partial charge in [0, 0.05) is 18.8 Å². The topological polar surface area (TPSA) is 33.1 Å². The summed E-state index contributed by atoms with van der Waals surface area (Å²) in [4.78, 5) is 3.88.